The minimum atomic E-state index is -1.46. The Balaban J connectivity index is 0.000000167. The van der Waals surface area contributed by atoms with Gasteiger partial charge in [0, 0.05) is 91.7 Å². The number of hydrogen-bond donors (Lipinski definition) is 3. The van der Waals surface area contributed by atoms with Gasteiger partial charge in [-0.05, 0) is 107 Å². The zero-order chi connectivity index (χ0) is 61.3. The van der Waals surface area contributed by atoms with Crippen LogP contribution in [-0.4, -0.2) is 80.3 Å². The van der Waals surface area contributed by atoms with Gasteiger partial charge in [-0.3, -0.25) is 5.26 Å². The molecule has 0 aliphatic carbocycles. The van der Waals surface area contributed by atoms with Crippen molar-refractivity contribution in [1.29, 1.82) is 0 Å². The third-order valence-corrected chi connectivity index (χ3v) is 16.2. The third kappa shape index (κ3) is 17.5. The molecular weight excluding hydrogens is 1330 g/mol. The number of nitrogens with zero attached hydrogens (tertiary/aromatic N) is 6. The minimum absolute atomic E-state index is 0. The van der Waals surface area contributed by atoms with Crippen LogP contribution >= 0.6 is 97.2 Å². The highest BCUT2D eigenvalue weighted by Crippen LogP contribution is 2.39. The number of pyridine rings is 3. The van der Waals surface area contributed by atoms with E-state index >= 15 is 8.78 Å². The summed E-state index contributed by atoms with van der Waals surface area (Å²) < 4.78 is 63.2. The molecule has 0 aliphatic heterocycles. The largest absolute Gasteiger partial charge is 0.490 e. The summed E-state index contributed by atoms with van der Waals surface area (Å²) in [7, 11) is 3.17. The molecule has 13 nitrogen and oxygen atoms in total. The third-order valence-electron chi connectivity index (χ3n) is 12.6. The molecule has 0 fully saturated rings. The van der Waals surface area contributed by atoms with Crippen LogP contribution in [-0.2, 0) is 23.1 Å². The van der Waals surface area contributed by atoms with Gasteiger partial charge in [-0.15, -0.1) is 46.4 Å². The van der Waals surface area contributed by atoms with Crippen LogP contribution < -0.4 is 19.7 Å². The average Bonchev–Trinajstić information content (AvgIpc) is 2.04. The smallest absolute Gasteiger partial charge is 0.481 e. The molecule has 87 heavy (non-hydrogen) atoms. The van der Waals surface area contributed by atoms with Crippen molar-refractivity contribution in [3.05, 3.63) is 223 Å². The first-order valence-corrected chi connectivity index (χ1v) is 30.6. The molecule has 448 valence electrons. The van der Waals surface area contributed by atoms with Gasteiger partial charge in [0.05, 0.1) is 75.1 Å². The van der Waals surface area contributed by atoms with Crippen LogP contribution in [0.4, 0.5) is 13.2 Å². The van der Waals surface area contributed by atoms with Crippen LogP contribution in [0.1, 0.15) is 34.7 Å². The van der Waals surface area contributed by atoms with Gasteiger partial charge in [0.25, 0.3) is 0 Å². The second-order valence-corrected chi connectivity index (χ2v) is 22.7. The van der Waals surface area contributed by atoms with Crippen molar-refractivity contribution in [2.45, 2.75) is 25.1 Å². The molecule has 25 heteroatoms. The van der Waals surface area contributed by atoms with Gasteiger partial charge in [0.1, 0.15) is 17.5 Å². The quantitative estimate of drug-likeness (QED) is 0.0431. The Morgan fingerprint density at radius 2 is 0.839 bits per heavy atom. The zero-order valence-corrected chi connectivity index (χ0v) is 53.6. The van der Waals surface area contributed by atoms with Crippen LogP contribution in [0, 0.1) is 17.5 Å². The van der Waals surface area contributed by atoms with Gasteiger partial charge in [-0.25, -0.2) is 48.0 Å². The first-order chi connectivity index (χ1) is 41.7. The predicted molar refractivity (Wildman–Crippen MR) is 352 cm³/mol. The molecule has 0 aliphatic rings. The average molecular weight is 1380 g/mol. The number of fused-ring (bicyclic) bond motifs is 3. The second-order valence-electron chi connectivity index (χ2n) is 18.1. The van der Waals surface area contributed by atoms with Crippen LogP contribution in [0.15, 0.2) is 163 Å². The van der Waals surface area contributed by atoms with Gasteiger partial charge in [-0.2, -0.15) is 0 Å². The van der Waals surface area contributed by atoms with Crippen molar-refractivity contribution in [1.82, 2.24) is 29.9 Å². The molecule has 0 saturated heterocycles. The van der Waals surface area contributed by atoms with Gasteiger partial charge >= 0.3 is 7.12 Å². The van der Waals surface area contributed by atoms with Crippen molar-refractivity contribution in [2.75, 3.05) is 27.9 Å². The summed E-state index contributed by atoms with van der Waals surface area (Å²) in [5.74, 6) is 0.730. The lowest BCUT2D eigenvalue weighted by atomic mass is 9.82. The lowest BCUT2D eigenvalue weighted by Crippen LogP contribution is -2.29. The second kappa shape index (κ2) is 33.0. The SMILES string of the molecule is CCOO.COc1ccc(B(O)O)cn1.COc1ccc(Cc2cc3scnc3c(-c3cccc(Cl)c3)c2F)cn1.COc1ccc(Cc2cc3scnc3c(-c3cccc(Cl)c3)c2F)cn1.Cl.Fc1c(CBr)cc2scnc2c1-c1cccc(Cl)c1. The van der Waals surface area contributed by atoms with E-state index < -0.39 is 7.12 Å². The highest BCUT2D eigenvalue weighted by molar-refractivity contribution is 9.08. The number of benzene rings is 6. The van der Waals surface area contributed by atoms with Crippen LogP contribution in [0.3, 0.4) is 0 Å². The number of alkyl halides is 1. The van der Waals surface area contributed by atoms with Crippen LogP contribution in [0.2, 0.25) is 15.1 Å². The van der Waals surface area contributed by atoms with E-state index in [2.05, 4.69) is 50.7 Å². The molecular formula is C62H51BBrCl4F3N6O7S3. The van der Waals surface area contributed by atoms with E-state index in [0.717, 1.165) is 41.9 Å². The lowest BCUT2D eigenvalue weighted by molar-refractivity contribution is -0.237. The maximum atomic E-state index is 15.4. The normalized spacial score (nSPS) is 10.6. The molecule has 12 rings (SSSR count). The van der Waals surface area contributed by atoms with Gasteiger partial charge in [0.15, 0.2) is 0 Å². The summed E-state index contributed by atoms with van der Waals surface area (Å²) in [4.78, 5) is 28.7. The fourth-order valence-corrected chi connectivity index (χ4v) is 11.8. The number of methoxy groups -OCH3 is 3. The zero-order valence-electron chi connectivity index (χ0n) is 46.4. The summed E-state index contributed by atoms with van der Waals surface area (Å²) >= 11 is 26.0. The Morgan fingerprint density at radius 3 is 1.13 bits per heavy atom. The van der Waals surface area contributed by atoms with Crippen molar-refractivity contribution < 1.29 is 47.6 Å². The Hall–Kier alpha value is -6.83. The number of hydrogen-bond acceptors (Lipinski definition) is 16. The topological polar surface area (TPSA) is 175 Å². The Labute approximate surface area is 540 Å². The number of rotatable bonds is 13. The van der Waals surface area contributed by atoms with Crippen molar-refractivity contribution in [3.63, 3.8) is 0 Å². The first kappa shape index (κ1) is 67.7. The maximum Gasteiger partial charge on any atom is 0.490 e. The Morgan fingerprint density at radius 1 is 0.494 bits per heavy atom. The minimum Gasteiger partial charge on any atom is -0.481 e. The highest BCUT2D eigenvalue weighted by Gasteiger charge is 2.21. The van der Waals surface area contributed by atoms with Crippen molar-refractivity contribution in [3.8, 4) is 51.0 Å². The number of thiazole rings is 3. The number of ether oxygens (including phenoxy) is 3. The highest BCUT2D eigenvalue weighted by atomic mass is 79.9. The molecule has 0 unspecified atom stereocenters. The monoisotopic (exact) mass is 1370 g/mol. The fraction of sp³-hybridized carbons (Fsp3) is 0.129. The molecule has 0 atom stereocenters. The van der Waals surface area contributed by atoms with Crippen LogP contribution in [0.5, 0.6) is 17.6 Å². The van der Waals surface area contributed by atoms with Gasteiger partial charge in [-0.1, -0.05) is 105 Å². The van der Waals surface area contributed by atoms with Gasteiger partial charge in [0.2, 0.25) is 17.6 Å². The predicted octanol–water partition coefficient (Wildman–Crippen LogP) is 16.8. The molecule has 0 bridgehead atoms. The van der Waals surface area contributed by atoms with E-state index in [9.17, 15) is 4.39 Å². The Kier molecular flexibility index (Phi) is 25.6. The number of halogens is 8. The van der Waals surface area contributed by atoms with E-state index in [1.54, 1.807) is 105 Å². The van der Waals surface area contributed by atoms with Crippen molar-refractivity contribution in [2.24, 2.45) is 0 Å². The van der Waals surface area contributed by atoms with E-state index in [1.807, 2.05) is 66.7 Å². The summed E-state index contributed by atoms with van der Waals surface area (Å²) in [6.07, 6.45) is 5.63. The Bertz CT molecular complexity index is 4020. The molecule has 6 heterocycles. The first-order valence-electron chi connectivity index (χ1n) is 25.7. The summed E-state index contributed by atoms with van der Waals surface area (Å²) in [6.45, 7) is 2.08. The molecule has 0 amide bonds. The van der Waals surface area contributed by atoms with Crippen LogP contribution in [0.25, 0.3) is 64.0 Å². The molecule has 12 aromatic rings. The van der Waals surface area contributed by atoms with E-state index in [0.29, 0.717) is 113 Å². The van der Waals surface area contributed by atoms with E-state index in [1.165, 1.54) is 53.4 Å². The molecule has 6 aromatic heterocycles. The lowest BCUT2D eigenvalue weighted by Gasteiger charge is -2.11. The maximum absolute atomic E-state index is 15.4. The standard InChI is InChI=1S/2C20H14ClFN2OS.C14H8BrClFNS.C6H8BNO3.C2H6O2.ClH/c2*1-25-17-6-5-12(10-23-17)7-14-9-16-20(24-11-26-16)18(19(14)22)13-3-2-4-15(21)8-13;15-6-9-5-11-14(18-7-19-11)12(13(9)17)8-2-1-3-10(16)4-8;1-11-6-3-2-5(4-8-6)7(9)10;1-2-4-3;/h2*2-6,8-11H,7H2,1H3;1-5,7H,6H2;2-4,9-10H,1H3;3H,2H2,1H3;1H. The van der Waals surface area contributed by atoms with Gasteiger partial charge < -0.3 is 24.3 Å². The summed E-state index contributed by atoms with van der Waals surface area (Å²) in [5, 5.41) is 26.9. The molecule has 0 saturated carbocycles. The molecule has 0 radical (unpaired) electrons. The fourth-order valence-electron chi connectivity index (χ4n) is 8.55. The summed E-state index contributed by atoms with van der Waals surface area (Å²) in [5.41, 5.74) is 14.9. The van der Waals surface area contributed by atoms with Crippen molar-refractivity contribution >= 4 is 140 Å². The van der Waals surface area contributed by atoms with E-state index in [-0.39, 0.29) is 29.9 Å². The summed E-state index contributed by atoms with van der Waals surface area (Å²) in [6, 6.07) is 37.6. The molecule has 3 N–H and O–H groups in total. The molecule has 0 spiro atoms. The molecule has 6 aromatic carbocycles. The van der Waals surface area contributed by atoms with E-state index in [4.69, 9.17) is 64.3 Å². The number of aromatic nitrogens is 6.